The lowest BCUT2D eigenvalue weighted by atomic mass is 10.3. The van der Waals surface area contributed by atoms with Gasteiger partial charge in [-0.05, 0) is 35.0 Å². The summed E-state index contributed by atoms with van der Waals surface area (Å²) in [5, 5.41) is 3.00. The number of carbonyl (C=O) groups is 1. The molecular weight excluding hydrogens is 234 g/mol. The maximum atomic E-state index is 10.9. The van der Waals surface area contributed by atoms with Crippen LogP contribution in [0.15, 0.2) is 16.7 Å². The topological polar surface area (TPSA) is 68.0 Å². The average Bonchev–Trinajstić information content (AvgIpc) is 2.08. The second-order valence-corrected chi connectivity index (χ2v) is 3.24. The molecule has 0 fully saturated rings. The van der Waals surface area contributed by atoms with Crippen molar-refractivity contribution in [2.75, 3.05) is 11.9 Å². The third kappa shape index (κ3) is 2.42. The first kappa shape index (κ1) is 9.98. The average molecular weight is 244 g/mol. The van der Waals surface area contributed by atoms with E-state index in [4.69, 9.17) is 5.73 Å². The van der Waals surface area contributed by atoms with Crippen molar-refractivity contribution in [3.05, 3.63) is 22.4 Å². The summed E-state index contributed by atoms with van der Waals surface area (Å²) < 4.78 is 0.600. The Kier molecular flexibility index (Phi) is 3.25. The molecule has 0 radical (unpaired) electrons. The van der Waals surface area contributed by atoms with E-state index in [1.807, 2.05) is 6.92 Å². The van der Waals surface area contributed by atoms with Crippen LogP contribution in [-0.4, -0.2) is 17.4 Å². The summed E-state index contributed by atoms with van der Waals surface area (Å²) in [6, 6.07) is 3.52. The molecule has 1 heterocycles. The van der Waals surface area contributed by atoms with Gasteiger partial charge in [0.05, 0.1) is 5.69 Å². The molecule has 0 unspecified atom stereocenters. The van der Waals surface area contributed by atoms with Crippen LogP contribution in [0.5, 0.6) is 0 Å². The minimum Gasteiger partial charge on any atom is -0.383 e. The van der Waals surface area contributed by atoms with Crippen molar-refractivity contribution in [3.8, 4) is 0 Å². The zero-order valence-corrected chi connectivity index (χ0v) is 8.76. The Labute approximate surface area is 84.7 Å². The number of pyridine rings is 1. The zero-order chi connectivity index (χ0) is 9.84. The zero-order valence-electron chi connectivity index (χ0n) is 7.17. The summed E-state index contributed by atoms with van der Waals surface area (Å²) in [4.78, 5) is 14.9. The monoisotopic (exact) mass is 243 g/mol. The molecule has 0 spiro atoms. The minimum absolute atomic E-state index is 0.260. The lowest BCUT2D eigenvalue weighted by Crippen LogP contribution is -2.16. The third-order valence-electron chi connectivity index (χ3n) is 1.46. The highest BCUT2D eigenvalue weighted by Crippen LogP contribution is 2.16. The molecule has 0 aliphatic carbocycles. The Hall–Kier alpha value is -1.10. The van der Waals surface area contributed by atoms with Crippen molar-refractivity contribution in [2.45, 2.75) is 6.92 Å². The summed E-state index contributed by atoms with van der Waals surface area (Å²) >= 11 is 3.17. The molecule has 3 N–H and O–H groups in total. The molecule has 0 atom stereocenters. The number of rotatable bonds is 3. The molecule has 1 amide bonds. The standard InChI is InChI=1S/C8H10BrN3O/c1-2-11-5-3-4-6(9)12-7(5)8(10)13/h3-4,11H,2H2,1H3,(H2,10,13). The number of hydrogen-bond donors (Lipinski definition) is 2. The number of primary amides is 1. The van der Waals surface area contributed by atoms with E-state index in [0.717, 1.165) is 6.54 Å². The first-order chi connectivity index (χ1) is 6.15. The lowest BCUT2D eigenvalue weighted by molar-refractivity contribution is 0.0996. The van der Waals surface area contributed by atoms with Gasteiger partial charge in [-0.25, -0.2) is 4.98 Å². The van der Waals surface area contributed by atoms with E-state index >= 15 is 0 Å². The van der Waals surface area contributed by atoms with Crippen LogP contribution in [0.2, 0.25) is 0 Å². The van der Waals surface area contributed by atoms with Crippen LogP contribution in [-0.2, 0) is 0 Å². The predicted octanol–water partition coefficient (Wildman–Crippen LogP) is 1.37. The number of hydrogen-bond acceptors (Lipinski definition) is 3. The molecule has 1 rings (SSSR count). The van der Waals surface area contributed by atoms with Crippen molar-refractivity contribution in [1.29, 1.82) is 0 Å². The maximum Gasteiger partial charge on any atom is 0.269 e. The lowest BCUT2D eigenvalue weighted by Gasteiger charge is -2.06. The van der Waals surface area contributed by atoms with Gasteiger partial charge in [-0.3, -0.25) is 4.79 Å². The molecule has 1 aromatic rings. The summed E-state index contributed by atoms with van der Waals surface area (Å²) in [6.45, 7) is 2.66. The highest BCUT2D eigenvalue weighted by molar-refractivity contribution is 9.10. The summed E-state index contributed by atoms with van der Waals surface area (Å²) in [5.74, 6) is -0.530. The van der Waals surface area contributed by atoms with Gasteiger partial charge in [-0.15, -0.1) is 0 Å². The number of anilines is 1. The van der Waals surface area contributed by atoms with E-state index in [1.165, 1.54) is 0 Å². The second kappa shape index (κ2) is 4.23. The van der Waals surface area contributed by atoms with Gasteiger partial charge in [-0.2, -0.15) is 0 Å². The molecule has 0 aliphatic heterocycles. The Balaban J connectivity index is 3.10. The fourth-order valence-corrected chi connectivity index (χ4v) is 1.27. The van der Waals surface area contributed by atoms with E-state index in [-0.39, 0.29) is 5.69 Å². The van der Waals surface area contributed by atoms with Gasteiger partial charge >= 0.3 is 0 Å². The largest absolute Gasteiger partial charge is 0.383 e. The number of nitrogens with zero attached hydrogens (tertiary/aromatic N) is 1. The molecule has 0 saturated carbocycles. The third-order valence-corrected chi connectivity index (χ3v) is 1.90. The van der Waals surface area contributed by atoms with Crippen molar-refractivity contribution in [3.63, 3.8) is 0 Å². The molecule has 0 saturated heterocycles. The van der Waals surface area contributed by atoms with E-state index in [0.29, 0.717) is 10.3 Å². The van der Waals surface area contributed by atoms with E-state index < -0.39 is 5.91 Å². The van der Waals surface area contributed by atoms with Crippen molar-refractivity contribution in [2.24, 2.45) is 5.73 Å². The molecule has 0 aliphatic rings. The Morgan fingerprint density at radius 1 is 1.69 bits per heavy atom. The normalized spacial score (nSPS) is 9.69. The number of nitrogens with one attached hydrogen (secondary N) is 1. The molecule has 0 bridgehead atoms. The summed E-state index contributed by atoms with van der Waals surface area (Å²) in [6.07, 6.45) is 0. The number of nitrogens with two attached hydrogens (primary N) is 1. The highest BCUT2D eigenvalue weighted by atomic mass is 79.9. The summed E-state index contributed by atoms with van der Waals surface area (Å²) in [5.41, 5.74) is 6.08. The SMILES string of the molecule is CCNc1ccc(Br)nc1C(N)=O. The van der Waals surface area contributed by atoms with Gasteiger partial charge in [0, 0.05) is 6.54 Å². The first-order valence-electron chi connectivity index (χ1n) is 3.85. The molecular formula is C8H10BrN3O. The molecule has 4 nitrogen and oxygen atoms in total. The smallest absolute Gasteiger partial charge is 0.269 e. The quantitative estimate of drug-likeness (QED) is 0.789. The van der Waals surface area contributed by atoms with E-state index in [1.54, 1.807) is 12.1 Å². The van der Waals surface area contributed by atoms with E-state index in [9.17, 15) is 4.79 Å². The van der Waals surface area contributed by atoms with Gasteiger partial charge in [0.1, 0.15) is 4.60 Å². The van der Waals surface area contributed by atoms with Crippen LogP contribution >= 0.6 is 15.9 Å². The molecule has 0 aromatic carbocycles. The van der Waals surface area contributed by atoms with Crippen LogP contribution in [0.1, 0.15) is 17.4 Å². The van der Waals surface area contributed by atoms with Gasteiger partial charge in [0.15, 0.2) is 5.69 Å². The second-order valence-electron chi connectivity index (χ2n) is 2.42. The van der Waals surface area contributed by atoms with Crippen LogP contribution in [0.4, 0.5) is 5.69 Å². The van der Waals surface area contributed by atoms with Gasteiger partial charge in [0.25, 0.3) is 5.91 Å². The van der Waals surface area contributed by atoms with Crippen LogP contribution in [0, 0.1) is 0 Å². The first-order valence-corrected chi connectivity index (χ1v) is 4.64. The van der Waals surface area contributed by atoms with Crippen molar-refractivity contribution >= 4 is 27.5 Å². The van der Waals surface area contributed by atoms with Crippen LogP contribution in [0.3, 0.4) is 0 Å². The maximum absolute atomic E-state index is 10.9. The summed E-state index contributed by atoms with van der Waals surface area (Å²) in [7, 11) is 0. The highest BCUT2D eigenvalue weighted by Gasteiger charge is 2.09. The Morgan fingerprint density at radius 2 is 2.38 bits per heavy atom. The number of halogens is 1. The van der Waals surface area contributed by atoms with Gasteiger partial charge in [0.2, 0.25) is 0 Å². The molecule has 70 valence electrons. The molecule has 1 aromatic heterocycles. The predicted molar refractivity (Wildman–Crippen MR) is 54.6 cm³/mol. The number of carbonyl (C=O) groups excluding carboxylic acids is 1. The van der Waals surface area contributed by atoms with Crippen molar-refractivity contribution < 1.29 is 4.79 Å². The van der Waals surface area contributed by atoms with Gasteiger partial charge < -0.3 is 11.1 Å². The van der Waals surface area contributed by atoms with E-state index in [2.05, 4.69) is 26.2 Å². The number of amides is 1. The Bertz CT molecular complexity index is 327. The number of aromatic nitrogens is 1. The molecule has 13 heavy (non-hydrogen) atoms. The fourth-order valence-electron chi connectivity index (χ4n) is 0.956. The minimum atomic E-state index is -0.530. The van der Waals surface area contributed by atoms with Gasteiger partial charge in [-0.1, -0.05) is 0 Å². The molecule has 5 heteroatoms. The van der Waals surface area contributed by atoms with Crippen LogP contribution in [0.25, 0.3) is 0 Å². The Morgan fingerprint density at radius 3 is 2.92 bits per heavy atom. The van der Waals surface area contributed by atoms with Crippen molar-refractivity contribution in [1.82, 2.24) is 4.98 Å². The fraction of sp³-hybridized carbons (Fsp3) is 0.250. The van der Waals surface area contributed by atoms with Crippen LogP contribution < -0.4 is 11.1 Å².